The molecule has 4 atom stereocenters. The molecule has 0 aliphatic carbocycles. The van der Waals surface area contributed by atoms with Gasteiger partial charge in [0.15, 0.2) is 0 Å². The average molecular weight is 261 g/mol. The fourth-order valence-corrected chi connectivity index (χ4v) is 3.66. The van der Waals surface area contributed by atoms with E-state index in [1.54, 1.807) is 0 Å². The largest absolute Gasteiger partial charge is 0.377 e. The molecule has 102 valence electrons. The monoisotopic (exact) mass is 261 g/mol. The third-order valence-electron chi connectivity index (χ3n) is 3.25. The molecule has 17 heavy (non-hydrogen) atoms. The van der Waals surface area contributed by atoms with Crippen molar-refractivity contribution >= 4 is 10.8 Å². The summed E-state index contributed by atoms with van der Waals surface area (Å²) in [4.78, 5) is 0. The van der Waals surface area contributed by atoms with Crippen LogP contribution in [0.15, 0.2) is 0 Å². The van der Waals surface area contributed by atoms with E-state index in [4.69, 9.17) is 4.74 Å². The van der Waals surface area contributed by atoms with Crippen LogP contribution in [-0.4, -0.2) is 40.5 Å². The molecule has 3 nitrogen and oxygen atoms in total. The smallest absolute Gasteiger partial charge is 0.0691 e. The summed E-state index contributed by atoms with van der Waals surface area (Å²) in [5.74, 6) is 0.724. The van der Waals surface area contributed by atoms with Gasteiger partial charge in [-0.3, -0.25) is 4.21 Å². The highest BCUT2D eigenvalue weighted by Crippen LogP contribution is 2.15. The van der Waals surface area contributed by atoms with Crippen molar-refractivity contribution in [2.75, 3.05) is 18.9 Å². The van der Waals surface area contributed by atoms with Gasteiger partial charge in [0.05, 0.1) is 11.9 Å². The van der Waals surface area contributed by atoms with Crippen molar-refractivity contribution in [3.63, 3.8) is 0 Å². The van der Waals surface area contributed by atoms with E-state index in [1.807, 2.05) is 0 Å². The van der Waals surface area contributed by atoms with Gasteiger partial charge >= 0.3 is 0 Å². The summed E-state index contributed by atoms with van der Waals surface area (Å²) in [5, 5.41) is 3.71. The van der Waals surface area contributed by atoms with Crippen LogP contribution in [0.5, 0.6) is 0 Å². The summed E-state index contributed by atoms with van der Waals surface area (Å²) < 4.78 is 17.6. The maximum absolute atomic E-state index is 12.1. The molecule has 1 rings (SSSR count). The number of hydrogen-bond acceptors (Lipinski definition) is 3. The van der Waals surface area contributed by atoms with E-state index in [1.165, 1.54) is 0 Å². The molecule has 1 aliphatic rings. The lowest BCUT2D eigenvalue weighted by Crippen LogP contribution is -2.32. The van der Waals surface area contributed by atoms with Gasteiger partial charge in [-0.15, -0.1) is 0 Å². The molecule has 4 unspecified atom stereocenters. The molecular formula is C13H27NO2S. The summed E-state index contributed by atoms with van der Waals surface area (Å²) in [5.41, 5.74) is 0. The van der Waals surface area contributed by atoms with Gasteiger partial charge in [-0.05, 0) is 39.2 Å². The molecule has 0 aromatic carbocycles. The quantitative estimate of drug-likeness (QED) is 0.727. The van der Waals surface area contributed by atoms with Gasteiger partial charge in [-0.25, -0.2) is 0 Å². The van der Waals surface area contributed by atoms with Crippen molar-refractivity contribution in [2.24, 2.45) is 0 Å². The van der Waals surface area contributed by atoms with Crippen molar-refractivity contribution in [2.45, 2.75) is 63.9 Å². The van der Waals surface area contributed by atoms with Crippen molar-refractivity contribution in [3.05, 3.63) is 0 Å². The number of rotatable bonds is 8. The van der Waals surface area contributed by atoms with Crippen LogP contribution >= 0.6 is 0 Å². The SMILES string of the molecule is CCCNC(C)CC(C)S(=O)CC1CCCO1. The van der Waals surface area contributed by atoms with Crippen molar-refractivity contribution < 1.29 is 8.95 Å². The van der Waals surface area contributed by atoms with Gasteiger partial charge in [0.2, 0.25) is 0 Å². The molecular weight excluding hydrogens is 234 g/mol. The van der Waals surface area contributed by atoms with E-state index in [9.17, 15) is 4.21 Å². The van der Waals surface area contributed by atoms with E-state index < -0.39 is 10.8 Å². The van der Waals surface area contributed by atoms with E-state index in [0.29, 0.717) is 6.04 Å². The molecule has 1 saturated heterocycles. The van der Waals surface area contributed by atoms with Crippen LogP contribution in [0.4, 0.5) is 0 Å². The second kappa shape index (κ2) is 8.22. The minimum absolute atomic E-state index is 0.247. The van der Waals surface area contributed by atoms with Crippen molar-refractivity contribution in [3.8, 4) is 0 Å². The van der Waals surface area contributed by atoms with Crippen molar-refractivity contribution in [1.82, 2.24) is 5.32 Å². The highest BCUT2D eigenvalue weighted by atomic mass is 32.2. The topological polar surface area (TPSA) is 38.3 Å². The maximum atomic E-state index is 12.1. The molecule has 1 aliphatic heterocycles. The molecule has 1 N–H and O–H groups in total. The highest BCUT2D eigenvalue weighted by molar-refractivity contribution is 7.85. The van der Waals surface area contributed by atoms with E-state index in [0.717, 1.165) is 44.6 Å². The Kier molecular flexibility index (Phi) is 7.32. The second-order valence-electron chi connectivity index (χ2n) is 5.08. The van der Waals surface area contributed by atoms with Gasteiger partial charge in [0.25, 0.3) is 0 Å². The summed E-state index contributed by atoms with van der Waals surface area (Å²) in [6.07, 6.45) is 4.60. The third-order valence-corrected chi connectivity index (χ3v) is 5.04. The van der Waals surface area contributed by atoms with Crippen LogP contribution in [0, 0.1) is 0 Å². The third kappa shape index (κ3) is 5.98. The first-order valence-electron chi connectivity index (χ1n) is 6.85. The molecule has 0 saturated carbocycles. The summed E-state index contributed by atoms with van der Waals surface area (Å²) in [6.45, 7) is 8.33. The first-order valence-corrected chi connectivity index (χ1v) is 8.23. The summed E-state index contributed by atoms with van der Waals surface area (Å²) in [7, 11) is -0.746. The fourth-order valence-electron chi connectivity index (χ4n) is 2.20. The zero-order chi connectivity index (χ0) is 12.7. The Bertz CT molecular complexity index is 229. The second-order valence-corrected chi connectivity index (χ2v) is 6.98. The number of hydrogen-bond donors (Lipinski definition) is 1. The Morgan fingerprint density at radius 2 is 2.24 bits per heavy atom. The summed E-state index contributed by atoms with van der Waals surface area (Å²) in [6, 6.07) is 0.457. The van der Waals surface area contributed by atoms with Gasteiger partial charge in [0.1, 0.15) is 0 Å². The molecule has 0 aromatic rings. The Morgan fingerprint density at radius 1 is 1.47 bits per heavy atom. The van der Waals surface area contributed by atoms with E-state index in [2.05, 4.69) is 26.1 Å². The first kappa shape index (κ1) is 15.1. The zero-order valence-electron chi connectivity index (χ0n) is 11.4. The lowest BCUT2D eigenvalue weighted by atomic mass is 10.2. The van der Waals surface area contributed by atoms with Crippen LogP contribution in [-0.2, 0) is 15.5 Å². The van der Waals surface area contributed by atoms with Crippen molar-refractivity contribution in [1.29, 1.82) is 0 Å². The van der Waals surface area contributed by atoms with Crippen LogP contribution in [0.25, 0.3) is 0 Å². The molecule has 0 spiro atoms. The molecule has 4 heteroatoms. The van der Waals surface area contributed by atoms with Crippen LogP contribution < -0.4 is 5.32 Å². The van der Waals surface area contributed by atoms with Gasteiger partial charge in [0, 0.05) is 28.7 Å². The fraction of sp³-hybridized carbons (Fsp3) is 1.00. The standard InChI is InChI=1S/C13H27NO2S/c1-4-7-14-11(2)9-12(3)17(15)10-13-6-5-8-16-13/h11-14H,4-10H2,1-3H3. The maximum Gasteiger partial charge on any atom is 0.0691 e. The van der Waals surface area contributed by atoms with E-state index in [-0.39, 0.29) is 11.4 Å². The van der Waals surface area contributed by atoms with Crippen LogP contribution in [0.2, 0.25) is 0 Å². The Labute approximate surface area is 108 Å². The predicted molar refractivity (Wildman–Crippen MR) is 73.8 cm³/mol. The molecule has 0 bridgehead atoms. The van der Waals surface area contributed by atoms with Gasteiger partial charge < -0.3 is 10.1 Å². The summed E-state index contributed by atoms with van der Waals surface area (Å²) >= 11 is 0. The molecule has 1 heterocycles. The van der Waals surface area contributed by atoms with Gasteiger partial charge in [-0.1, -0.05) is 13.8 Å². The van der Waals surface area contributed by atoms with Gasteiger partial charge in [-0.2, -0.15) is 0 Å². The Hall–Kier alpha value is 0.0700. The Morgan fingerprint density at radius 3 is 2.82 bits per heavy atom. The predicted octanol–water partition coefficient (Wildman–Crippen LogP) is 2.08. The Balaban J connectivity index is 2.20. The molecule has 0 radical (unpaired) electrons. The van der Waals surface area contributed by atoms with Crippen LogP contribution in [0.1, 0.15) is 46.5 Å². The average Bonchev–Trinajstić information content (AvgIpc) is 2.78. The van der Waals surface area contributed by atoms with Crippen LogP contribution in [0.3, 0.4) is 0 Å². The lowest BCUT2D eigenvalue weighted by Gasteiger charge is -2.19. The number of ether oxygens (including phenoxy) is 1. The van der Waals surface area contributed by atoms with E-state index >= 15 is 0 Å². The lowest BCUT2D eigenvalue weighted by molar-refractivity contribution is 0.128. The molecule has 1 fully saturated rings. The molecule has 0 amide bonds. The first-order chi connectivity index (χ1) is 8.13. The molecule has 0 aromatic heterocycles. The normalized spacial score (nSPS) is 25.7. The number of nitrogens with one attached hydrogen (secondary N) is 1. The highest BCUT2D eigenvalue weighted by Gasteiger charge is 2.22. The minimum Gasteiger partial charge on any atom is -0.377 e. The zero-order valence-corrected chi connectivity index (χ0v) is 12.2. The minimum atomic E-state index is -0.746.